The van der Waals surface area contributed by atoms with Gasteiger partial charge in [-0.1, -0.05) is 12.1 Å². The van der Waals surface area contributed by atoms with Crippen LogP contribution in [0.5, 0.6) is 0 Å². The first-order chi connectivity index (χ1) is 10.1. The van der Waals surface area contributed by atoms with Gasteiger partial charge in [0, 0.05) is 5.54 Å². The second-order valence-electron chi connectivity index (χ2n) is 6.21. The fourth-order valence-corrected chi connectivity index (χ4v) is 1.84. The highest BCUT2D eigenvalue weighted by Gasteiger charge is 2.20. The number of carboxylic acids is 1. The maximum absolute atomic E-state index is 11.9. The van der Waals surface area contributed by atoms with E-state index < -0.39 is 12.0 Å². The Kier molecular flexibility index (Phi) is 5.68. The summed E-state index contributed by atoms with van der Waals surface area (Å²) in [6.07, 6.45) is 0.0221. The van der Waals surface area contributed by atoms with Crippen molar-refractivity contribution in [2.75, 3.05) is 0 Å². The Balaban J connectivity index is 2.61. The van der Waals surface area contributed by atoms with Crippen molar-refractivity contribution in [3.63, 3.8) is 0 Å². The van der Waals surface area contributed by atoms with Gasteiger partial charge in [-0.05, 0) is 45.4 Å². The van der Waals surface area contributed by atoms with Crippen LogP contribution in [0.25, 0.3) is 0 Å². The standard InChI is InChI=1S/C16H22N2O4/c1-10(14(20)18-16(2,3)4)17-13(19)9-11-6-5-7-12(8-11)15(21)22/h5-8,10H,9H2,1-4H3,(H,17,19)(H,18,20)(H,21,22). The molecule has 0 bridgehead atoms. The largest absolute Gasteiger partial charge is 0.478 e. The van der Waals surface area contributed by atoms with Crippen molar-refractivity contribution >= 4 is 17.8 Å². The average molecular weight is 306 g/mol. The molecule has 0 aliphatic heterocycles. The Morgan fingerprint density at radius 3 is 2.41 bits per heavy atom. The van der Waals surface area contributed by atoms with E-state index in [2.05, 4.69) is 10.6 Å². The van der Waals surface area contributed by atoms with Crippen LogP contribution in [0.2, 0.25) is 0 Å². The summed E-state index contributed by atoms with van der Waals surface area (Å²) in [4.78, 5) is 34.7. The summed E-state index contributed by atoms with van der Waals surface area (Å²) in [6, 6.07) is 5.51. The quantitative estimate of drug-likeness (QED) is 0.765. The molecule has 6 heteroatoms. The van der Waals surface area contributed by atoms with Crippen molar-refractivity contribution in [3.8, 4) is 0 Å². The van der Waals surface area contributed by atoms with Crippen LogP contribution in [0, 0.1) is 0 Å². The first-order valence-corrected chi connectivity index (χ1v) is 7.02. The van der Waals surface area contributed by atoms with Crippen molar-refractivity contribution in [2.24, 2.45) is 0 Å². The number of aromatic carboxylic acids is 1. The molecule has 0 aliphatic carbocycles. The molecular weight excluding hydrogens is 284 g/mol. The fraction of sp³-hybridized carbons (Fsp3) is 0.438. The van der Waals surface area contributed by atoms with Gasteiger partial charge >= 0.3 is 5.97 Å². The van der Waals surface area contributed by atoms with E-state index in [9.17, 15) is 14.4 Å². The predicted molar refractivity (Wildman–Crippen MR) is 82.6 cm³/mol. The zero-order chi connectivity index (χ0) is 16.9. The number of amides is 2. The zero-order valence-electron chi connectivity index (χ0n) is 13.3. The monoisotopic (exact) mass is 306 g/mol. The Bertz CT molecular complexity index is 576. The van der Waals surface area contributed by atoms with Crippen molar-refractivity contribution in [1.82, 2.24) is 10.6 Å². The molecule has 0 radical (unpaired) electrons. The number of carbonyl (C=O) groups excluding carboxylic acids is 2. The first-order valence-electron chi connectivity index (χ1n) is 7.02. The Morgan fingerprint density at radius 2 is 1.86 bits per heavy atom. The number of rotatable bonds is 5. The molecule has 0 spiro atoms. The van der Waals surface area contributed by atoms with Crippen LogP contribution in [0.3, 0.4) is 0 Å². The average Bonchev–Trinajstić information content (AvgIpc) is 2.36. The Labute approximate surface area is 129 Å². The van der Waals surface area contributed by atoms with E-state index in [1.54, 1.807) is 19.1 Å². The minimum atomic E-state index is -1.04. The number of carboxylic acid groups (broad SMARTS) is 1. The van der Waals surface area contributed by atoms with Gasteiger partial charge in [0.15, 0.2) is 0 Å². The number of hydrogen-bond acceptors (Lipinski definition) is 3. The molecule has 1 unspecified atom stereocenters. The van der Waals surface area contributed by atoms with Crippen molar-refractivity contribution in [3.05, 3.63) is 35.4 Å². The lowest BCUT2D eigenvalue weighted by Crippen LogP contribution is -2.51. The SMILES string of the molecule is CC(NC(=O)Cc1cccc(C(=O)O)c1)C(=O)NC(C)(C)C. The van der Waals surface area contributed by atoms with E-state index >= 15 is 0 Å². The molecule has 0 heterocycles. The molecule has 0 aliphatic rings. The highest BCUT2D eigenvalue weighted by Crippen LogP contribution is 2.06. The normalized spacial score (nSPS) is 12.4. The molecule has 0 saturated carbocycles. The van der Waals surface area contributed by atoms with Crippen LogP contribution in [-0.4, -0.2) is 34.5 Å². The van der Waals surface area contributed by atoms with Crippen molar-refractivity contribution in [2.45, 2.75) is 45.7 Å². The highest BCUT2D eigenvalue weighted by atomic mass is 16.4. The smallest absolute Gasteiger partial charge is 0.335 e. The van der Waals surface area contributed by atoms with E-state index in [0.29, 0.717) is 5.56 Å². The summed E-state index contributed by atoms with van der Waals surface area (Å²) >= 11 is 0. The Hall–Kier alpha value is -2.37. The lowest BCUT2D eigenvalue weighted by molar-refractivity contribution is -0.129. The van der Waals surface area contributed by atoms with E-state index in [4.69, 9.17) is 5.11 Å². The van der Waals surface area contributed by atoms with Crippen molar-refractivity contribution in [1.29, 1.82) is 0 Å². The van der Waals surface area contributed by atoms with E-state index in [1.165, 1.54) is 12.1 Å². The van der Waals surface area contributed by atoms with Gasteiger partial charge in [0.2, 0.25) is 11.8 Å². The van der Waals surface area contributed by atoms with Gasteiger partial charge < -0.3 is 15.7 Å². The van der Waals surface area contributed by atoms with Crippen LogP contribution in [0.4, 0.5) is 0 Å². The first kappa shape index (κ1) is 17.7. The van der Waals surface area contributed by atoms with Gasteiger partial charge in [-0.15, -0.1) is 0 Å². The molecular formula is C16H22N2O4. The lowest BCUT2D eigenvalue weighted by atomic mass is 10.1. The zero-order valence-corrected chi connectivity index (χ0v) is 13.3. The third-order valence-corrected chi connectivity index (χ3v) is 2.81. The van der Waals surface area contributed by atoms with E-state index in [-0.39, 0.29) is 29.3 Å². The summed E-state index contributed by atoms with van der Waals surface area (Å²) in [5.74, 6) is -1.64. The topological polar surface area (TPSA) is 95.5 Å². The molecule has 0 saturated heterocycles. The molecule has 2 amide bonds. The summed E-state index contributed by atoms with van der Waals surface area (Å²) < 4.78 is 0. The minimum absolute atomic E-state index is 0.0221. The number of nitrogens with one attached hydrogen (secondary N) is 2. The summed E-state index contributed by atoms with van der Waals surface area (Å²) in [7, 11) is 0. The van der Waals surface area contributed by atoms with Gasteiger partial charge in [0.05, 0.1) is 12.0 Å². The maximum Gasteiger partial charge on any atom is 0.335 e. The van der Waals surface area contributed by atoms with Crippen molar-refractivity contribution < 1.29 is 19.5 Å². The molecule has 1 atom stereocenters. The summed E-state index contributed by atoms with van der Waals surface area (Å²) in [6.45, 7) is 7.18. The van der Waals surface area contributed by atoms with Gasteiger partial charge in [0.1, 0.15) is 6.04 Å². The molecule has 1 aromatic rings. The molecule has 3 N–H and O–H groups in total. The van der Waals surface area contributed by atoms with Crippen LogP contribution in [0.1, 0.15) is 43.6 Å². The third kappa shape index (κ3) is 5.95. The number of hydrogen-bond donors (Lipinski definition) is 3. The van der Waals surface area contributed by atoms with Gasteiger partial charge in [-0.2, -0.15) is 0 Å². The molecule has 22 heavy (non-hydrogen) atoms. The van der Waals surface area contributed by atoms with Crippen LogP contribution < -0.4 is 10.6 Å². The van der Waals surface area contributed by atoms with Crippen LogP contribution in [-0.2, 0) is 16.0 Å². The third-order valence-electron chi connectivity index (χ3n) is 2.81. The maximum atomic E-state index is 11.9. The molecule has 1 rings (SSSR count). The predicted octanol–water partition coefficient (Wildman–Crippen LogP) is 1.35. The summed E-state index contributed by atoms with van der Waals surface area (Å²) in [5, 5.41) is 14.3. The molecule has 6 nitrogen and oxygen atoms in total. The van der Waals surface area contributed by atoms with Gasteiger partial charge in [0.25, 0.3) is 0 Å². The van der Waals surface area contributed by atoms with E-state index in [1.807, 2.05) is 20.8 Å². The molecule has 120 valence electrons. The Morgan fingerprint density at radius 1 is 1.23 bits per heavy atom. The number of benzene rings is 1. The van der Waals surface area contributed by atoms with Crippen LogP contribution >= 0.6 is 0 Å². The highest BCUT2D eigenvalue weighted by molar-refractivity contribution is 5.90. The second-order valence-corrected chi connectivity index (χ2v) is 6.21. The van der Waals surface area contributed by atoms with Crippen LogP contribution in [0.15, 0.2) is 24.3 Å². The minimum Gasteiger partial charge on any atom is -0.478 e. The van der Waals surface area contributed by atoms with Gasteiger partial charge in [-0.25, -0.2) is 4.79 Å². The molecule has 1 aromatic carbocycles. The summed E-state index contributed by atoms with van der Waals surface area (Å²) in [5.41, 5.74) is 0.343. The molecule has 0 fully saturated rings. The van der Waals surface area contributed by atoms with E-state index in [0.717, 1.165) is 0 Å². The molecule has 0 aromatic heterocycles. The lowest BCUT2D eigenvalue weighted by Gasteiger charge is -2.23. The van der Waals surface area contributed by atoms with Gasteiger partial charge in [-0.3, -0.25) is 9.59 Å². The second kappa shape index (κ2) is 7.06. The number of carbonyl (C=O) groups is 3. The fourth-order valence-electron chi connectivity index (χ4n) is 1.84.